The van der Waals surface area contributed by atoms with Crippen LogP contribution in [0.15, 0.2) is 36.7 Å². The highest BCUT2D eigenvalue weighted by Gasteiger charge is 2.27. The highest BCUT2D eigenvalue weighted by Crippen LogP contribution is 2.20. The van der Waals surface area contributed by atoms with Gasteiger partial charge in [0.2, 0.25) is 5.88 Å². The first-order valence-electron chi connectivity index (χ1n) is 10.1. The summed E-state index contributed by atoms with van der Waals surface area (Å²) < 4.78 is 20.4. The van der Waals surface area contributed by atoms with Gasteiger partial charge in [0.25, 0.3) is 5.91 Å². The second-order valence-corrected chi connectivity index (χ2v) is 7.57. The van der Waals surface area contributed by atoms with E-state index in [2.05, 4.69) is 25.2 Å². The number of nitrogens with zero attached hydrogens (tertiary/aromatic N) is 7. The number of hydrogen-bond donors (Lipinski definition) is 0. The number of amides is 1. The number of benzene rings is 1. The molecular formula is C21H24FN7O2. The molecule has 0 N–H and O–H groups in total. The zero-order valence-electron chi connectivity index (χ0n) is 17.7. The van der Waals surface area contributed by atoms with Gasteiger partial charge in [0.1, 0.15) is 18.0 Å². The van der Waals surface area contributed by atoms with Crippen molar-refractivity contribution in [3.05, 3.63) is 53.9 Å². The summed E-state index contributed by atoms with van der Waals surface area (Å²) in [5, 5.41) is 8.17. The van der Waals surface area contributed by atoms with E-state index in [1.807, 2.05) is 19.9 Å². The Morgan fingerprint density at radius 2 is 1.81 bits per heavy atom. The molecule has 0 aliphatic carbocycles. The van der Waals surface area contributed by atoms with Crippen molar-refractivity contribution in [1.82, 2.24) is 29.9 Å². The number of hydrogen-bond acceptors (Lipinski definition) is 7. The Labute approximate surface area is 179 Å². The third kappa shape index (κ3) is 4.47. The molecule has 1 saturated heterocycles. The van der Waals surface area contributed by atoms with Crippen LogP contribution in [0.3, 0.4) is 0 Å². The maximum atomic E-state index is 13.2. The first-order valence-corrected chi connectivity index (χ1v) is 10.1. The minimum atomic E-state index is -0.331. The van der Waals surface area contributed by atoms with E-state index >= 15 is 0 Å². The van der Waals surface area contributed by atoms with Crippen LogP contribution >= 0.6 is 0 Å². The van der Waals surface area contributed by atoms with E-state index in [-0.39, 0.29) is 17.8 Å². The second-order valence-electron chi connectivity index (χ2n) is 7.57. The van der Waals surface area contributed by atoms with Gasteiger partial charge in [0, 0.05) is 32.2 Å². The van der Waals surface area contributed by atoms with Crippen molar-refractivity contribution in [2.75, 3.05) is 31.1 Å². The van der Waals surface area contributed by atoms with Gasteiger partial charge in [0.05, 0.1) is 17.5 Å². The second kappa shape index (κ2) is 8.66. The summed E-state index contributed by atoms with van der Waals surface area (Å²) in [4.78, 5) is 25.4. The minimum Gasteiger partial charge on any atom is -0.475 e. The molecule has 1 aromatic carbocycles. The van der Waals surface area contributed by atoms with Gasteiger partial charge >= 0.3 is 0 Å². The van der Waals surface area contributed by atoms with Crippen LogP contribution in [-0.4, -0.2) is 68.1 Å². The summed E-state index contributed by atoms with van der Waals surface area (Å²) in [6.45, 7) is 8.01. The van der Waals surface area contributed by atoms with Crippen LogP contribution in [0.2, 0.25) is 0 Å². The third-order valence-electron chi connectivity index (χ3n) is 5.04. The molecule has 4 rings (SSSR count). The van der Waals surface area contributed by atoms with E-state index in [4.69, 9.17) is 4.74 Å². The van der Waals surface area contributed by atoms with Gasteiger partial charge in [-0.2, -0.15) is 0 Å². The summed E-state index contributed by atoms with van der Waals surface area (Å²) in [6, 6.07) is 7.71. The van der Waals surface area contributed by atoms with Crippen LogP contribution in [0.1, 0.15) is 30.0 Å². The van der Waals surface area contributed by atoms with Gasteiger partial charge in [-0.1, -0.05) is 5.21 Å². The summed E-state index contributed by atoms with van der Waals surface area (Å²) >= 11 is 0. The molecule has 0 atom stereocenters. The lowest BCUT2D eigenvalue weighted by Crippen LogP contribution is -2.49. The van der Waals surface area contributed by atoms with Gasteiger partial charge < -0.3 is 14.5 Å². The molecule has 0 saturated carbocycles. The highest BCUT2D eigenvalue weighted by molar-refractivity contribution is 5.93. The Morgan fingerprint density at radius 1 is 1.10 bits per heavy atom. The number of carbonyl (C=O) groups is 1. The van der Waals surface area contributed by atoms with E-state index in [1.165, 1.54) is 18.5 Å². The molecule has 10 heteroatoms. The lowest BCUT2D eigenvalue weighted by atomic mass is 10.2. The predicted octanol–water partition coefficient (Wildman–Crippen LogP) is 2.25. The van der Waals surface area contributed by atoms with Gasteiger partial charge in [-0.25, -0.2) is 19.0 Å². The van der Waals surface area contributed by atoms with Crippen molar-refractivity contribution < 1.29 is 13.9 Å². The van der Waals surface area contributed by atoms with Gasteiger partial charge in [-0.05, 0) is 45.0 Å². The molecule has 0 unspecified atom stereocenters. The maximum Gasteiger partial charge on any atom is 0.276 e. The SMILES string of the molecule is Cc1c(C(=O)N2CCN(c3cc(OC(C)C)ncn3)CC2)nnn1-c1ccc(F)cc1. The molecule has 1 aliphatic rings. The quantitative estimate of drug-likeness (QED) is 0.619. The normalized spacial score (nSPS) is 14.2. The topological polar surface area (TPSA) is 89.3 Å². The van der Waals surface area contributed by atoms with Crippen molar-refractivity contribution in [1.29, 1.82) is 0 Å². The summed E-state index contributed by atoms with van der Waals surface area (Å²) in [7, 11) is 0. The molecule has 0 spiro atoms. The Balaban J connectivity index is 1.43. The van der Waals surface area contributed by atoms with Crippen LogP contribution in [0.5, 0.6) is 5.88 Å². The Bertz CT molecular complexity index is 1060. The van der Waals surface area contributed by atoms with Gasteiger partial charge in [-0.15, -0.1) is 5.10 Å². The molecule has 0 radical (unpaired) electrons. The van der Waals surface area contributed by atoms with E-state index in [0.29, 0.717) is 49.1 Å². The Kier molecular flexibility index (Phi) is 5.79. The van der Waals surface area contributed by atoms with E-state index in [0.717, 1.165) is 5.82 Å². The Hall–Kier alpha value is -3.56. The monoisotopic (exact) mass is 425 g/mol. The van der Waals surface area contributed by atoms with Crippen molar-refractivity contribution in [3.8, 4) is 11.6 Å². The van der Waals surface area contributed by atoms with Crippen molar-refractivity contribution in [2.45, 2.75) is 26.9 Å². The fraction of sp³-hybridized carbons (Fsp3) is 0.381. The Morgan fingerprint density at radius 3 is 2.48 bits per heavy atom. The van der Waals surface area contributed by atoms with Crippen LogP contribution in [0.25, 0.3) is 5.69 Å². The first-order chi connectivity index (χ1) is 14.9. The molecule has 0 bridgehead atoms. The number of halogens is 1. The molecule has 2 aromatic heterocycles. The molecule has 1 fully saturated rings. The lowest BCUT2D eigenvalue weighted by Gasteiger charge is -2.35. The van der Waals surface area contributed by atoms with Crippen LogP contribution < -0.4 is 9.64 Å². The average molecular weight is 425 g/mol. The first kappa shape index (κ1) is 20.7. The number of piperazine rings is 1. The van der Waals surface area contributed by atoms with Gasteiger partial charge in [-0.3, -0.25) is 4.79 Å². The lowest BCUT2D eigenvalue weighted by molar-refractivity contribution is 0.0739. The zero-order chi connectivity index (χ0) is 22.0. The zero-order valence-corrected chi connectivity index (χ0v) is 17.7. The van der Waals surface area contributed by atoms with Crippen LogP contribution in [0, 0.1) is 12.7 Å². The predicted molar refractivity (Wildman–Crippen MR) is 112 cm³/mol. The fourth-order valence-electron chi connectivity index (χ4n) is 3.45. The van der Waals surface area contributed by atoms with E-state index in [1.54, 1.807) is 28.6 Å². The van der Waals surface area contributed by atoms with Crippen molar-refractivity contribution >= 4 is 11.7 Å². The van der Waals surface area contributed by atoms with E-state index in [9.17, 15) is 9.18 Å². The molecule has 1 aliphatic heterocycles. The summed E-state index contributed by atoms with van der Waals surface area (Å²) in [6.07, 6.45) is 1.52. The van der Waals surface area contributed by atoms with Crippen LogP contribution in [0.4, 0.5) is 10.2 Å². The van der Waals surface area contributed by atoms with E-state index < -0.39 is 0 Å². The fourth-order valence-corrected chi connectivity index (χ4v) is 3.45. The smallest absolute Gasteiger partial charge is 0.276 e. The van der Waals surface area contributed by atoms with Crippen molar-refractivity contribution in [3.63, 3.8) is 0 Å². The number of rotatable bonds is 5. The standard InChI is InChI=1S/C21H24FN7O2/c1-14(2)31-19-12-18(23-13-24-19)27-8-10-28(11-9-27)21(30)20-15(3)29(26-25-20)17-6-4-16(22)5-7-17/h4-7,12-14H,8-11H2,1-3H3. The minimum absolute atomic E-state index is 0.0313. The molecular weight excluding hydrogens is 401 g/mol. The van der Waals surface area contributed by atoms with Crippen molar-refractivity contribution in [2.24, 2.45) is 0 Å². The number of anilines is 1. The number of aromatic nitrogens is 5. The molecule has 1 amide bonds. The summed E-state index contributed by atoms with van der Waals surface area (Å²) in [5.74, 6) is 0.807. The largest absolute Gasteiger partial charge is 0.475 e. The third-order valence-corrected chi connectivity index (χ3v) is 5.04. The summed E-state index contributed by atoms with van der Waals surface area (Å²) in [5.41, 5.74) is 1.57. The maximum absolute atomic E-state index is 13.2. The number of carbonyl (C=O) groups excluding carboxylic acids is 1. The molecule has 3 heterocycles. The molecule has 31 heavy (non-hydrogen) atoms. The molecule has 162 valence electrons. The number of ether oxygens (including phenoxy) is 1. The molecule has 3 aromatic rings. The average Bonchev–Trinajstić information content (AvgIpc) is 3.15. The highest BCUT2D eigenvalue weighted by atomic mass is 19.1. The molecule has 9 nitrogen and oxygen atoms in total. The van der Waals surface area contributed by atoms with Gasteiger partial charge in [0.15, 0.2) is 5.69 Å². The van der Waals surface area contributed by atoms with Crippen LogP contribution in [-0.2, 0) is 0 Å².